The van der Waals surface area contributed by atoms with Crippen LogP contribution in [-0.4, -0.2) is 36.8 Å². The quantitative estimate of drug-likeness (QED) is 0.789. The molecule has 1 aliphatic rings. The first-order chi connectivity index (χ1) is 8.08. The number of amides is 1. The van der Waals surface area contributed by atoms with Gasteiger partial charge in [-0.15, -0.1) is 11.3 Å². The van der Waals surface area contributed by atoms with Crippen molar-refractivity contribution in [2.45, 2.75) is 6.10 Å². The molecule has 2 unspecified atom stereocenters. The molecular formula is C10H12Cl2N2O2S. The van der Waals surface area contributed by atoms with E-state index in [1.165, 1.54) is 0 Å². The molecule has 1 aromatic heterocycles. The van der Waals surface area contributed by atoms with Crippen molar-refractivity contribution in [2.24, 2.45) is 5.92 Å². The summed E-state index contributed by atoms with van der Waals surface area (Å²) in [6, 6.07) is 1.55. The number of hydrogen-bond donors (Lipinski definition) is 3. The van der Waals surface area contributed by atoms with Crippen molar-refractivity contribution in [2.75, 3.05) is 19.6 Å². The zero-order valence-corrected chi connectivity index (χ0v) is 11.2. The Labute approximate surface area is 113 Å². The molecule has 3 N–H and O–H groups in total. The van der Waals surface area contributed by atoms with Gasteiger partial charge >= 0.3 is 0 Å². The van der Waals surface area contributed by atoms with Crippen LogP contribution in [0.5, 0.6) is 0 Å². The van der Waals surface area contributed by atoms with E-state index >= 15 is 0 Å². The maximum Gasteiger partial charge on any atom is 0.253 e. The minimum Gasteiger partial charge on any atom is -0.391 e. The molecule has 1 aliphatic heterocycles. The summed E-state index contributed by atoms with van der Waals surface area (Å²) in [6.45, 7) is 1.71. The Hall–Kier alpha value is -0.330. The van der Waals surface area contributed by atoms with Crippen molar-refractivity contribution in [3.63, 3.8) is 0 Å². The van der Waals surface area contributed by atoms with E-state index in [9.17, 15) is 9.90 Å². The molecule has 1 aromatic rings. The highest BCUT2D eigenvalue weighted by molar-refractivity contribution is 7.20. The number of thiophene rings is 1. The molecule has 94 valence electrons. The van der Waals surface area contributed by atoms with Crippen molar-refractivity contribution in [3.8, 4) is 0 Å². The number of β-amino-alcohol motifs (C(OH)–C–C–N with tert-alkyl or cyclic N) is 1. The lowest BCUT2D eigenvalue weighted by Crippen LogP contribution is -2.34. The number of nitrogens with one attached hydrogen (secondary N) is 2. The van der Waals surface area contributed by atoms with Gasteiger partial charge in [-0.2, -0.15) is 0 Å². The van der Waals surface area contributed by atoms with Crippen LogP contribution in [-0.2, 0) is 0 Å². The highest BCUT2D eigenvalue weighted by atomic mass is 35.5. The molecule has 7 heteroatoms. The minimum absolute atomic E-state index is 0.0480. The number of halogens is 2. The summed E-state index contributed by atoms with van der Waals surface area (Å²) < 4.78 is 0.875. The first-order valence-corrected chi connectivity index (χ1v) is 6.77. The van der Waals surface area contributed by atoms with E-state index < -0.39 is 6.10 Å². The van der Waals surface area contributed by atoms with E-state index in [1.54, 1.807) is 6.07 Å². The van der Waals surface area contributed by atoms with Gasteiger partial charge < -0.3 is 15.7 Å². The minimum atomic E-state index is -0.406. The van der Waals surface area contributed by atoms with Crippen LogP contribution >= 0.6 is 34.5 Å². The molecule has 0 bridgehead atoms. The highest BCUT2D eigenvalue weighted by Gasteiger charge is 2.25. The zero-order valence-electron chi connectivity index (χ0n) is 8.87. The second-order valence-corrected chi connectivity index (χ2v) is 6.22. The van der Waals surface area contributed by atoms with Gasteiger partial charge in [0, 0.05) is 25.6 Å². The number of hydrogen-bond acceptors (Lipinski definition) is 4. The largest absolute Gasteiger partial charge is 0.391 e. The smallest absolute Gasteiger partial charge is 0.253 e. The van der Waals surface area contributed by atoms with Gasteiger partial charge in [0.2, 0.25) is 0 Å². The maximum absolute atomic E-state index is 11.8. The van der Waals surface area contributed by atoms with Gasteiger partial charge in [0.25, 0.3) is 5.91 Å². The average molecular weight is 295 g/mol. The van der Waals surface area contributed by atoms with Crippen LogP contribution in [0, 0.1) is 5.92 Å². The van der Waals surface area contributed by atoms with Gasteiger partial charge in [-0.1, -0.05) is 23.2 Å². The SMILES string of the molecule is O=C(NCC1CNCC1O)c1cc(Cl)sc1Cl. The second kappa shape index (κ2) is 5.54. The first-order valence-electron chi connectivity index (χ1n) is 5.19. The molecule has 0 spiro atoms. The molecule has 2 heterocycles. The molecule has 0 radical (unpaired) electrons. The normalized spacial score (nSPS) is 23.9. The molecule has 17 heavy (non-hydrogen) atoms. The number of aliphatic hydroxyl groups is 1. The van der Waals surface area contributed by atoms with Crippen LogP contribution in [0.3, 0.4) is 0 Å². The predicted molar refractivity (Wildman–Crippen MR) is 69.0 cm³/mol. The summed E-state index contributed by atoms with van der Waals surface area (Å²) in [6.07, 6.45) is -0.406. The molecule has 1 amide bonds. The standard InChI is InChI=1S/C10H12Cl2N2O2S/c11-8-1-6(9(12)17-8)10(16)14-3-5-2-13-4-7(5)15/h1,5,7,13,15H,2-4H2,(H,14,16). The van der Waals surface area contributed by atoms with Crippen LogP contribution < -0.4 is 10.6 Å². The van der Waals surface area contributed by atoms with Gasteiger partial charge in [0.1, 0.15) is 4.34 Å². The molecule has 1 saturated heterocycles. The van der Waals surface area contributed by atoms with Crippen LogP contribution in [0.25, 0.3) is 0 Å². The molecule has 0 saturated carbocycles. The third kappa shape index (κ3) is 3.11. The molecule has 0 aromatic carbocycles. The van der Waals surface area contributed by atoms with E-state index in [0.29, 0.717) is 33.9 Å². The van der Waals surface area contributed by atoms with E-state index in [1.807, 2.05) is 0 Å². The monoisotopic (exact) mass is 294 g/mol. The van der Waals surface area contributed by atoms with Crippen LogP contribution in [0.4, 0.5) is 0 Å². The zero-order chi connectivity index (χ0) is 12.4. The number of carbonyl (C=O) groups is 1. The Balaban J connectivity index is 1.91. The summed E-state index contributed by atoms with van der Waals surface area (Å²) in [4.78, 5) is 11.8. The third-order valence-corrected chi connectivity index (χ3v) is 4.22. The van der Waals surface area contributed by atoms with Gasteiger partial charge in [-0.05, 0) is 6.07 Å². The van der Waals surface area contributed by atoms with Gasteiger partial charge in [-0.3, -0.25) is 4.79 Å². The predicted octanol–water partition coefficient (Wildman–Crippen LogP) is 1.37. The van der Waals surface area contributed by atoms with Crippen molar-refractivity contribution in [3.05, 3.63) is 20.3 Å². The van der Waals surface area contributed by atoms with E-state index in [4.69, 9.17) is 23.2 Å². The van der Waals surface area contributed by atoms with Gasteiger partial charge in [-0.25, -0.2) is 0 Å². The van der Waals surface area contributed by atoms with E-state index in [0.717, 1.165) is 11.3 Å². The Morgan fingerprint density at radius 1 is 1.59 bits per heavy atom. The lowest BCUT2D eigenvalue weighted by molar-refractivity contribution is 0.0927. The average Bonchev–Trinajstić information content (AvgIpc) is 2.81. The fourth-order valence-electron chi connectivity index (χ4n) is 1.74. The van der Waals surface area contributed by atoms with Crippen molar-refractivity contribution < 1.29 is 9.90 Å². The van der Waals surface area contributed by atoms with Crippen LogP contribution in [0.2, 0.25) is 8.67 Å². The van der Waals surface area contributed by atoms with Crippen molar-refractivity contribution >= 4 is 40.4 Å². The number of rotatable bonds is 3. The topological polar surface area (TPSA) is 61.4 Å². The van der Waals surface area contributed by atoms with E-state index in [-0.39, 0.29) is 11.8 Å². The van der Waals surface area contributed by atoms with Gasteiger partial charge in [0.05, 0.1) is 16.0 Å². The Morgan fingerprint density at radius 2 is 2.35 bits per heavy atom. The summed E-state index contributed by atoms with van der Waals surface area (Å²) in [7, 11) is 0. The summed E-state index contributed by atoms with van der Waals surface area (Å²) in [5.41, 5.74) is 0.391. The molecule has 0 aliphatic carbocycles. The van der Waals surface area contributed by atoms with Crippen molar-refractivity contribution in [1.29, 1.82) is 0 Å². The first kappa shape index (κ1) is 13.1. The molecule has 2 rings (SSSR count). The third-order valence-electron chi connectivity index (χ3n) is 2.73. The second-order valence-electron chi connectivity index (χ2n) is 3.93. The molecule has 4 nitrogen and oxygen atoms in total. The Kier molecular flexibility index (Phi) is 4.27. The lowest BCUT2D eigenvalue weighted by atomic mass is 10.1. The molecular weight excluding hydrogens is 283 g/mol. The van der Waals surface area contributed by atoms with Gasteiger partial charge in [0.15, 0.2) is 0 Å². The van der Waals surface area contributed by atoms with E-state index in [2.05, 4.69) is 10.6 Å². The molecule has 2 atom stereocenters. The van der Waals surface area contributed by atoms with Crippen molar-refractivity contribution in [1.82, 2.24) is 10.6 Å². The lowest BCUT2D eigenvalue weighted by Gasteiger charge is -2.13. The maximum atomic E-state index is 11.8. The summed E-state index contributed by atoms with van der Waals surface area (Å²) in [5, 5.41) is 15.4. The molecule has 1 fully saturated rings. The fraction of sp³-hybridized carbons (Fsp3) is 0.500. The Bertz CT molecular complexity index is 424. The highest BCUT2D eigenvalue weighted by Crippen LogP contribution is 2.30. The number of carbonyl (C=O) groups excluding carboxylic acids is 1. The van der Waals surface area contributed by atoms with Crippen LogP contribution in [0.15, 0.2) is 6.07 Å². The fourth-order valence-corrected chi connectivity index (χ4v) is 3.20. The summed E-state index contributed by atoms with van der Waals surface area (Å²) >= 11 is 12.8. The Morgan fingerprint density at radius 3 is 2.88 bits per heavy atom. The summed E-state index contributed by atoms with van der Waals surface area (Å²) in [5.74, 6) is -0.205. The van der Waals surface area contributed by atoms with Crippen LogP contribution in [0.1, 0.15) is 10.4 Å². The number of aliphatic hydroxyl groups excluding tert-OH is 1.